The Morgan fingerprint density at radius 1 is 1.08 bits per heavy atom. The van der Waals surface area contributed by atoms with Crippen LogP contribution in [-0.2, 0) is 22.5 Å². The zero-order chi connectivity index (χ0) is 25.8. The first-order valence-corrected chi connectivity index (χ1v) is 12.4. The van der Waals surface area contributed by atoms with Gasteiger partial charge in [-0.25, -0.2) is 9.97 Å². The summed E-state index contributed by atoms with van der Waals surface area (Å²) in [6.07, 6.45) is 2.07. The van der Waals surface area contributed by atoms with Crippen molar-refractivity contribution in [3.8, 4) is 11.4 Å². The van der Waals surface area contributed by atoms with E-state index in [2.05, 4.69) is 24.9 Å². The van der Waals surface area contributed by atoms with Crippen LogP contribution in [0.25, 0.3) is 11.4 Å². The number of amides is 2. The second-order valence-corrected chi connectivity index (χ2v) is 9.72. The standard InChI is InChI=1S/C29H34N4O3/c1-19(2)24-8-6-7-9-25(24)27-30-17-23-16-26(34)33(28(23)31-27)18-21-10-12-22(13-11-21)29(35)32(20(3)4)14-15-36-5/h6-13,17,19-20H,14-16,18H2,1-5H3. The molecule has 0 saturated carbocycles. The van der Waals surface area contributed by atoms with Gasteiger partial charge in [0.1, 0.15) is 5.82 Å². The van der Waals surface area contributed by atoms with Gasteiger partial charge in [0.05, 0.1) is 19.6 Å². The number of nitrogens with zero attached hydrogens (tertiary/aromatic N) is 4. The molecular formula is C29H34N4O3. The second kappa shape index (κ2) is 11.0. The van der Waals surface area contributed by atoms with Crippen LogP contribution in [0.3, 0.4) is 0 Å². The maximum Gasteiger partial charge on any atom is 0.254 e. The van der Waals surface area contributed by atoms with Crippen LogP contribution in [0, 0.1) is 0 Å². The zero-order valence-electron chi connectivity index (χ0n) is 21.7. The quantitative estimate of drug-likeness (QED) is 0.432. The summed E-state index contributed by atoms with van der Waals surface area (Å²) in [5, 5.41) is 0. The molecule has 1 aliphatic rings. The van der Waals surface area contributed by atoms with E-state index in [1.807, 2.05) is 56.3 Å². The smallest absolute Gasteiger partial charge is 0.254 e. The molecule has 0 fully saturated rings. The van der Waals surface area contributed by atoms with Gasteiger partial charge in [-0.2, -0.15) is 0 Å². The Kier molecular flexibility index (Phi) is 7.79. The molecule has 1 aliphatic heterocycles. The van der Waals surface area contributed by atoms with Gasteiger partial charge in [-0.1, -0.05) is 50.2 Å². The highest BCUT2D eigenvalue weighted by atomic mass is 16.5. The summed E-state index contributed by atoms with van der Waals surface area (Å²) in [7, 11) is 1.63. The molecule has 36 heavy (non-hydrogen) atoms. The van der Waals surface area contributed by atoms with E-state index >= 15 is 0 Å². The summed E-state index contributed by atoms with van der Waals surface area (Å²) in [6, 6.07) is 15.7. The van der Waals surface area contributed by atoms with Crippen LogP contribution in [0.4, 0.5) is 5.82 Å². The molecule has 0 spiro atoms. The molecule has 7 nitrogen and oxygen atoms in total. The maximum atomic E-state index is 13.0. The van der Waals surface area contributed by atoms with E-state index in [1.165, 1.54) is 5.56 Å². The molecule has 0 unspecified atom stereocenters. The fourth-order valence-electron chi connectivity index (χ4n) is 4.51. The summed E-state index contributed by atoms with van der Waals surface area (Å²) >= 11 is 0. The Morgan fingerprint density at radius 2 is 1.81 bits per heavy atom. The highest BCUT2D eigenvalue weighted by Crippen LogP contribution is 2.32. The highest BCUT2D eigenvalue weighted by molar-refractivity contribution is 6.00. The Hall–Kier alpha value is -3.58. The number of rotatable bonds is 9. The van der Waals surface area contributed by atoms with E-state index in [4.69, 9.17) is 9.72 Å². The van der Waals surface area contributed by atoms with Crippen LogP contribution >= 0.6 is 0 Å². The minimum atomic E-state index is -0.0302. The van der Waals surface area contributed by atoms with Crippen molar-refractivity contribution in [1.29, 1.82) is 0 Å². The van der Waals surface area contributed by atoms with Gasteiger partial charge in [-0.15, -0.1) is 0 Å². The highest BCUT2D eigenvalue weighted by Gasteiger charge is 2.30. The van der Waals surface area contributed by atoms with Gasteiger partial charge in [-0.05, 0) is 43.0 Å². The Bertz CT molecular complexity index is 1240. The maximum absolute atomic E-state index is 13.0. The molecule has 2 aromatic carbocycles. The van der Waals surface area contributed by atoms with Crippen LogP contribution in [0.5, 0.6) is 0 Å². The monoisotopic (exact) mass is 486 g/mol. The Labute approximate surface area is 213 Å². The van der Waals surface area contributed by atoms with Crippen molar-refractivity contribution in [1.82, 2.24) is 14.9 Å². The molecule has 0 atom stereocenters. The number of carbonyl (C=O) groups excluding carboxylic acids is 2. The third-order valence-electron chi connectivity index (χ3n) is 6.53. The fraction of sp³-hybridized carbons (Fsp3) is 0.379. The van der Waals surface area contributed by atoms with Crippen molar-refractivity contribution in [3.05, 3.63) is 77.0 Å². The minimum absolute atomic E-state index is 0.000652. The number of carbonyl (C=O) groups is 2. The first-order valence-electron chi connectivity index (χ1n) is 12.4. The lowest BCUT2D eigenvalue weighted by Gasteiger charge is -2.26. The molecule has 7 heteroatoms. The number of benzene rings is 2. The Balaban J connectivity index is 1.56. The predicted molar refractivity (Wildman–Crippen MR) is 141 cm³/mol. The second-order valence-electron chi connectivity index (χ2n) is 9.72. The first-order chi connectivity index (χ1) is 17.3. The molecule has 0 radical (unpaired) electrons. The zero-order valence-corrected chi connectivity index (χ0v) is 21.7. The molecule has 1 aromatic heterocycles. The molecule has 0 bridgehead atoms. The van der Waals surface area contributed by atoms with Gasteiger partial charge in [-0.3, -0.25) is 14.5 Å². The number of ether oxygens (including phenoxy) is 1. The van der Waals surface area contributed by atoms with Crippen LogP contribution in [-0.4, -0.2) is 53.0 Å². The molecule has 4 rings (SSSR count). The predicted octanol–water partition coefficient (Wildman–Crippen LogP) is 4.85. The van der Waals surface area contributed by atoms with E-state index in [0.29, 0.717) is 49.2 Å². The van der Waals surface area contributed by atoms with Crippen molar-refractivity contribution >= 4 is 17.6 Å². The number of anilines is 1. The number of hydrogen-bond donors (Lipinski definition) is 0. The van der Waals surface area contributed by atoms with Crippen LogP contribution in [0.2, 0.25) is 0 Å². The van der Waals surface area contributed by atoms with E-state index in [0.717, 1.165) is 16.7 Å². The van der Waals surface area contributed by atoms with Crippen molar-refractivity contribution in [3.63, 3.8) is 0 Å². The van der Waals surface area contributed by atoms with Crippen molar-refractivity contribution in [2.75, 3.05) is 25.2 Å². The molecule has 0 N–H and O–H groups in total. The van der Waals surface area contributed by atoms with Gasteiger partial charge >= 0.3 is 0 Å². The van der Waals surface area contributed by atoms with E-state index < -0.39 is 0 Å². The molecule has 3 aromatic rings. The van der Waals surface area contributed by atoms with Crippen molar-refractivity contribution in [2.24, 2.45) is 0 Å². The van der Waals surface area contributed by atoms with Gasteiger partial charge in [0.15, 0.2) is 5.82 Å². The molecule has 0 aliphatic carbocycles. The van der Waals surface area contributed by atoms with Crippen LogP contribution in [0.1, 0.15) is 60.7 Å². The normalized spacial score (nSPS) is 13.0. The fourth-order valence-corrected chi connectivity index (χ4v) is 4.51. The summed E-state index contributed by atoms with van der Waals surface area (Å²) in [4.78, 5) is 38.8. The third-order valence-corrected chi connectivity index (χ3v) is 6.53. The number of methoxy groups -OCH3 is 1. The van der Waals surface area contributed by atoms with Gasteiger partial charge in [0.2, 0.25) is 5.91 Å². The molecule has 2 amide bonds. The van der Waals surface area contributed by atoms with E-state index in [1.54, 1.807) is 23.1 Å². The Morgan fingerprint density at radius 3 is 2.47 bits per heavy atom. The van der Waals surface area contributed by atoms with Crippen molar-refractivity contribution in [2.45, 2.75) is 52.6 Å². The van der Waals surface area contributed by atoms with Gasteiger partial charge < -0.3 is 9.64 Å². The lowest BCUT2D eigenvalue weighted by molar-refractivity contribution is -0.117. The SMILES string of the molecule is COCCN(C(=O)c1ccc(CN2C(=O)Cc3cnc(-c4ccccc4C(C)C)nc32)cc1)C(C)C. The average Bonchev–Trinajstić information content (AvgIpc) is 3.18. The summed E-state index contributed by atoms with van der Waals surface area (Å²) in [6.45, 7) is 9.70. The van der Waals surface area contributed by atoms with Gasteiger partial charge in [0.25, 0.3) is 5.91 Å². The lowest BCUT2D eigenvalue weighted by Crippen LogP contribution is -2.39. The molecule has 2 heterocycles. The van der Waals surface area contributed by atoms with Crippen LogP contribution in [0.15, 0.2) is 54.7 Å². The molecule has 0 saturated heterocycles. The average molecular weight is 487 g/mol. The summed E-state index contributed by atoms with van der Waals surface area (Å²) < 4.78 is 5.15. The van der Waals surface area contributed by atoms with E-state index in [9.17, 15) is 9.59 Å². The summed E-state index contributed by atoms with van der Waals surface area (Å²) in [5.74, 6) is 1.59. The molecule has 188 valence electrons. The largest absolute Gasteiger partial charge is 0.383 e. The third kappa shape index (κ3) is 5.31. The number of aromatic nitrogens is 2. The van der Waals surface area contributed by atoms with Crippen molar-refractivity contribution < 1.29 is 14.3 Å². The lowest BCUT2D eigenvalue weighted by atomic mass is 9.97. The van der Waals surface area contributed by atoms with E-state index in [-0.39, 0.29) is 17.9 Å². The minimum Gasteiger partial charge on any atom is -0.383 e. The summed E-state index contributed by atoms with van der Waals surface area (Å²) in [5.41, 5.74) is 4.55. The van der Waals surface area contributed by atoms with Crippen LogP contribution < -0.4 is 4.90 Å². The number of fused-ring (bicyclic) bond motifs is 1. The first kappa shape index (κ1) is 25.5. The topological polar surface area (TPSA) is 75.6 Å². The number of hydrogen-bond acceptors (Lipinski definition) is 5. The molecular weight excluding hydrogens is 452 g/mol. The van der Waals surface area contributed by atoms with Gasteiger partial charge in [0, 0.05) is 42.6 Å².